The van der Waals surface area contributed by atoms with E-state index < -0.39 is 0 Å². The summed E-state index contributed by atoms with van der Waals surface area (Å²) in [5.74, 6) is 1.14. The largest absolute Gasteiger partial charge is 0.493 e. The van der Waals surface area contributed by atoms with Crippen molar-refractivity contribution >= 4 is 18.0 Å². The number of carbonyl (C=O) groups is 1. The number of fused-ring (bicyclic) bond motifs is 1. The number of ether oxygens (including phenoxy) is 1. The van der Waals surface area contributed by atoms with Crippen LogP contribution in [0.3, 0.4) is 0 Å². The van der Waals surface area contributed by atoms with Crippen LogP contribution in [0.4, 0.5) is 4.39 Å². The van der Waals surface area contributed by atoms with Gasteiger partial charge in [-0.05, 0) is 36.3 Å². The van der Waals surface area contributed by atoms with E-state index in [1.54, 1.807) is 11.8 Å². The first-order chi connectivity index (χ1) is 8.24. The van der Waals surface area contributed by atoms with Gasteiger partial charge in [0.2, 0.25) is 0 Å². The maximum absolute atomic E-state index is 13.8. The number of hydrogen-bond acceptors (Lipinski definition) is 3. The summed E-state index contributed by atoms with van der Waals surface area (Å²) in [4.78, 5) is 10.7. The van der Waals surface area contributed by atoms with Gasteiger partial charge in [0.1, 0.15) is 17.9 Å². The van der Waals surface area contributed by atoms with Gasteiger partial charge in [0.15, 0.2) is 0 Å². The first kappa shape index (κ1) is 12.4. The predicted octanol–water partition coefficient (Wildman–Crippen LogP) is 2.48. The molecule has 1 aliphatic carbocycles. The van der Waals surface area contributed by atoms with Gasteiger partial charge in [-0.15, -0.1) is 0 Å². The van der Waals surface area contributed by atoms with E-state index in [0.29, 0.717) is 30.8 Å². The fourth-order valence-electron chi connectivity index (χ4n) is 2.12. The number of halogens is 1. The molecule has 0 saturated carbocycles. The molecule has 0 heterocycles. The highest BCUT2D eigenvalue weighted by Gasteiger charge is 2.24. The number of hydrogen-bond donors (Lipinski definition) is 0. The molecule has 0 spiro atoms. The third kappa shape index (κ3) is 2.80. The molecule has 0 bridgehead atoms. The average Bonchev–Trinajstić information content (AvgIpc) is 2.73. The number of aldehydes is 1. The Morgan fingerprint density at radius 2 is 2.35 bits per heavy atom. The van der Waals surface area contributed by atoms with E-state index in [1.165, 1.54) is 6.07 Å². The fraction of sp³-hybridized carbons (Fsp3) is 0.462. The lowest BCUT2D eigenvalue weighted by molar-refractivity contribution is -0.110. The van der Waals surface area contributed by atoms with Crippen LogP contribution in [0.25, 0.3) is 0 Å². The first-order valence-corrected chi connectivity index (χ1v) is 7.02. The molecule has 4 heteroatoms. The molecular weight excluding hydrogens is 239 g/mol. The maximum Gasteiger partial charge on any atom is 0.130 e. The van der Waals surface area contributed by atoms with Gasteiger partial charge in [-0.2, -0.15) is 11.8 Å². The average molecular weight is 254 g/mol. The van der Waals surface area contributed by atoms with E-state index in [1.807, 2.05) is 12.3 Å². The van der Waals surface area contributed by atoms with Crippen LogP contribution in [-0.4, -0.2) is 24.9 Å². The Morgan fingerprint density at radius 1 is 1.53 bits per heavy atom. The molecule has 92 valence electrons. The molecule has 0 N–H and O–H groups in total. The summed E-state index contributed by atoms with van der Waals surface area (Å²) >= 11 is 1.69. The zero-order chi connectivity index (χ0) is 12.3. The van der Waals surface area contributed by atoms with Crippen molar-refractivity contribution in [2.24, 2.45) is 5.92 Å². The molecule has 1 aliphatic rings. The molecule has 0 radical (unpaired) electrons. The van der Waals surface area contributed by atoms with Crippen molar-refractivity contribution in [3.05, 3.63) is 29.1 Å². The summed E-state index contributed by atoms with van der Waals surface area (Å²) in [5, 5.41) is 0. The predicted molar refractivity (Wildman–Crippen MR) is 67.2 cm³/mol. The van der Waals surface area contributed by atoms with Gasteiger partial charge in [-0.1, -0.05) is 0 Å². The third-order valence-corrected chi connectivity index (χ3v) is 3.53. The van der Waals surface area contributed by atoms with Crippen LogP contribution in [0, 0.1) is 11.7 Å². The molecule has 17 heavy (non-hydrogen) atoms. The molecular formula is C13H15FO2S. The first-order valence-electron chi connectivity index (χ1n) is 5.63. The maximum atomic E-state index is 13.8. The van der Waals surface area contributed by atoms with Gasteiger partial charge in [0, 0.05) is 17.7 Å². The van der Waals surface area contributed by atoms with Crippen molar-refractivity contribution in [3.63, 3.8) is 0 Å². The molecule has 2 nitrogen and oxygen atoms in total. The van der Waals surface area contributed by atoms with Crippen LogP contribution in [0.15, 0.2) is 12.1 Å². The highest BCUT2D eigenvalue weighted by atomic mass is 32.2. The lowest BCUT2D eigenvalue weighted by atomic mass is 10.1. The summed E-state index contributed by atoms with van der Waals surface area (Å²) in [6.45, 7) is 0.580. The lowest BCUT2D eigenvalue weighted by Crippen LogP contribution is -2.01. The molecule has 1 aromatic carbocycles. The zero-order valence-corrected chi connectivity index (χ0v) is 10.6. The van der Waals surface area contributed by atoms with Crippen molar-refractivity contribution in [2.75, 3.05) is 18.6 Å². The van der Waals surface area contributed by atoms with Crippen molar-refractivity contribution in [2.45, 2.75) is 12.8 Å². The number of thioether (sulfide) groups is 1. The zero-order valence-electron chi connectivity index (χ0n) is 9.74. The molecule has 2 rings (SSSR count). The van der Waals surface area contributed by atoms with E-state index in [9.17, 15) is 9.18 Å². The second-order valence-corrected chi connectivity index (χ2v) is 5.17. The van der Waals surface area contributed by atoms with Crippen LogP contribution in [0.2, 0.25) is 0 Å². The molecule has 0 fully saturated rings. The van der Waals surface area contributed by atoms with Crippen LogP contribution in [0.5, 0.6) is 5.75 Å². The minimum absolute atomic E-state index is 0.0686. The van der Waals surface area contributed by atoms with E-state index in [2.05, 4.69) is 0 Å². The van der Waals surface area contributed by atoms with Crippen molar-refractivity contribution < 1.29 is 13.9 Å². The Balaban J connectivity index is 2.12. The summed E-state index contributed by atoms with van der Waals surface area (Å²) in [5.41, 5.74) is 1.60. The van der Waals surface area contributed by atoms with Crippen LogP contribution >= 0.6 is 11.8 Å². The fourth-order valence-corrected chi connectivity index (χ4v) is 2.37. The molecule has 1 atom stereocenters. The molecule has 1 aromatic rings. The summed E-state index contributed by atoms with van der Waals surface area (Å²) in [6, 6.07) is 3.29. The monoisotopic (exact) mass is 254 g/mol. The topological polar surface area (TPSA) is 26.3 Å². The Kier molecular flexibility index (Phi) is 4.05. The van der Waals surface area contributed by atoms with E-state index >= 15 is 0 Å². The highest BCUT2D eigenvalue weighted by Crippen LogP contribution is 2.31. The van der Waals surface area contributed by atoms with Crippen LogP contribution < -0.4 is 4.74 Å². The SMILES string of the molecule is CSCCOc1cc(F)c2c(c1)CC(C=O)C2. The smallest absolute Gasteiger partial charge is 0.130 e. The summed E-state index contributed by atoms with van der Waals surface area (Å²) in [6.07, 6.45) is 4.07. The normalized spacial score (nSPS) is 17.9. The number of rotatable bonds is 5. The molecule has 0 amide bonds. The van der Waals surface area contributed by atoms with E-state index in [-0.39, 0.29) is 11.7 Å². The Labute approximate surface area is 105 Å². The molecule has 0 saturated heterocycles. The van der Waals surface area contributed by atoms with Crippen LogP contribution in [0.1, 0.15) is 11.1 Å². The van der Waals surface area contributed by atoms with E-state index in [0.717, 1.165) is 17.6 Å². The van der Waals surface area contributed by atoms with Crippen molar-refractivity contribution in [3.8, 4) is 5.75 Å². The van der Waals surface area contributed by atoms with Gasteiger partial charge in [0.05, 0.1) is 6.61 Å². The second-order valence-electron chi connectivity index (χ2n) is 4.19. The third-order valence-electron chi connectivity index (χ3n) is 2.96. The molecule has 1 unspecified atom stereocenters. The van der Waals surface area contributed by atoms with Crippen molar-refractivity contribution in [1.29, 1.82) is 0 Å². The molecule has 0 aromatic heterocycles. The van der Waals surface area contributed by atoms with Gasteiger partial charge in [-0.25, -0.2) is 4.39 Å². The minimum Gasteiger partial charge on any atom is -0.493 e. The number of benzene rings is 1. The number of carbonyl (C=O) groups excluding carboxylic acids is 1. The lowest BCUT2D eigenvalue weighted by Gasteiger charge is -2.08. The summed E-state index contributed by atoms with van der Waals surface area (Å²) in [7, 11) is 0. The Morgan fingerprint density at radius 3 is 3.06 bits per heavy atom. The Hall–Kier alpha value is -1.03. The minimum atomic E-state index is -0.244. The quantitative estimate of drug-likeness (QED) is 0.596. The van der Waals surface area contributed by atoms with Gasteiger partial charge >= 0.3 is 0 Å². The second kappa shape index (κ2) is 5.54. The molecule has 0 aliphatic heterocycles. The van der Waals surface area contributed by atoms with Gasteiger partial charge in [0.25, 0.3) is 0 Å². The Bertz CT molecular complexity index is 420. The van der Waals surface area contributed by atoms with Gasteiger partial charge in [-0.3, -0.25) is 0 Å². The highest BCUT2D eigenvalue weighted by molar-refractivity contribution is 7.98. The summed E-state index contributed by atoms with van der Waals surface area (Å²) < 4.78 is 19.2. The standard InChI is InChI=1S/C13H15FO2S/c1-17-3-2-16-11-6-10-4-9(8-15)5-12(10)13(14)7-11/h6-9H,2-5H2,1H3. The van der Waals surface area contributed by atoms with Gasteiger partial charge < -0.3 is 9.53 Å². The van der Waals surface area contributed by atoms with E-state index in [4.69, 9.17) is 4.74 Å². The van der Waals surface area contributed by atoms with Crippen molar-refractivity contribution in [1.82, 2.24) is 0 Å². The van der Waals surface area contributed by atoms with Crippen LogP contribution in [-0.2, 0) is 17.6 Å².